The molecule has 28 heavy (non-hydrogen) atoms. The fraction of sp³-hybridized carbons (Fsp3) is 0.600. The van der Waals surface area contributed by atoms with E-state index in [1.165, 1.54) is 18.2 Å². The summed E-state index contributed by atoms with van der Waals surface area (Å²) in [5.74, 6) is -0.621. The second-order valence-corrected chi connectivity index (χ2v) is 8.66. The standard InChI is InChI=1S/C20H30ClFN4O2/c1-14(19(28)23-17-7-6-15(22)12-16(17)21)26-9-5-8-25(10-11-26)13-18(27)24-20(2,3)4/h6-7,12,14H,5,8-11,13H2,1-4H3,(H,23,28)(H,24,27)/t14-/m0/s1. The molecule has 1 fully saturated rings. The zero-order chi connectivity index (χ0) is 20.9. The van der Waals surface area contributed by atoms with Gasteiger partial charge in [0, 0.05) is 25.2 Å². The predicted octanol–water partition coefficient (Wildman–Crippen LogP) is 2.73. The first kappa shape index (κ1) is 22.6. The molecule has 0 bridgehead atoms. The van der Waals surface area contributed by atoms with Crippen molar-refractivity contribution in [3.8, 4) is 0 Å². The third-order valence-electron chi connectivity index (χ3n) is 4.62. The Balaban J connectivity index is 1.88. The minimum absolute atomic E-state index is 0.0118. The largest absolute Gasteiger partial charge is 0.350 e. The molecule has 1 aliphatic heterocycles. The molecule has 6 nitrogen and oxygen atoms in total. The van der Waals surface area contributed by atoms with Crippen molar-refractivity contribution in [1.82, 2.24) is 15.1 Å². The van der Waals surface area contributed by atoms with Crippen molar-refractivity contribution in [3.63, 3.8) is 0 Å². The zero-order valence-electron chi connectivity index (χ0n) is 17.0. The van der Waals surface area contributed by atoms with E-state index in [2.05, 4.69) is 20.4 Å². The first-order valence-electron chi connectivity index (χ1n) is 9.58. The monoisotopic (exact) mass is 412 g/mol. The predicted molar refractivity (Wildman–Crippen MR) is 110 cm³/mol. The minimum Gasteiger partial charge on any atom is -0.350 e. The molecule has 8 heteroatoms. The normalized spacial score (nSPS) is 17.6. The summed E-state index contributed by atoms with van der Waals surface area (Å²) in [6.07, 6.45) is 0.873. The van der Waals surface area contributed by atoms with Gasteiger partial charge in [0.2, 0.25) is 11.8 Å². The van der Waals surface area contributed by atoms with Crippen LogP contribution in [0.4, 0.5) is 10.1 Å². The smallest absolute Gasteiger partial charge is 0.241 e. The van der Waals surface area contributed by atoms with Gasteiger partial charge in [-0.1, -0.05) is 11.6 Å². The highest BCUT2D eigenvalue weighted by Gasteiger charge is 2.25. The first-order chi connectivity index (χ1) is 13.0. The summed E-state index contributed by atoms with van der Waals surface area (Å²) in [6, 6.07) is 3.54. The highest BCUT2D eigenvalue weighted by atomic mass is 35.5. The molecule has 1 aromatic rings. The first-order valence-corrected chi connectivity index (χ1v) is 9.96. The van der Waals surface area contributed by atoms with Crippen LogP contribution in [-0.4, -0.2) is 65.9 Å². The molecular formula is C20H30ClFN4O2. The number of benzene rings is 1. The molecule has 1 heterocycles. The summed E-state index contributed by atoms with van der Waals surface area (Å²) < 4.78 is 13.2. The SMILES string of the molecule is C[C@@H](C(=O)Nc1ccc(F)cc1Cl)N1CCCN(CC(=O)NC(C)(C)C)CC1. The number of hydrogen-bond donors (Lipinski definition) is 2. The molecule has 0 aliphatic carbocycles. The Bertz CT molecular complexity index is 708. The number of carbonyl (C=O) groups is 2. The minimum atomic E-state index is -0.445. The summed E-state index contributed by atoms with van der Waals surface area (Å²) in [6.45, 7) is 11.1. The number of hydrogen-bond acceptors (Lipinski definition) is 4. The van der Waals surface area contributed by atoms with Crippen molar-refractivity contribution in [2.24, 2.45) is 0 Å². The lowest BCUT2D eigenvalue weighted by molar-refractivity contribution is -0.124. The Morgan fingerprint density at radius 3 is 2.57 bits per heavy atom. The maximum Gasteiger partial charge on any atom is 0.241 e. The third-order valence-corrected chi connectivity index (χ3v) is 4.93. The second-order valence-electron chi connectivity index (χ2n) is 8.25. The number of carbonyl (C=O) groups excluding carboxylic acids is 2. The van der Waals surface area contributed by atoms with Crippen LogP contribution in [0.3, 0.4) is 0 Å². The quantitative estimate of drug-likeness (QED) is 0.780. The van der Waals surface area contributed by atoms with Gasteiger partial charge in [0.15, 0.2) is 0 Å². The van der Waals surface area contributed by atoms with Gasteiger partial charge in [0.05, 0.1) is 23.3 Å². The van der Waals surface area contributed by atoms with Crippen molar-refractivity contribution in [1.29, 1.82) is 0 Å². The van der Waals surface area contributed by atoms with Crippen LogP contribution in [0.1, 0.15) is 34.1 Å². The maximum atomic E-state index is 13.2. The van der Waals surface area contributed by atoms with Gasteiger partial charge in [-0.2, -0.15) is 0 Å². The Morgan fingerprint density at radius 1 is 1.21 bits per heavy atom. The molecule has 0 spiro atoms. The lowest BCUT2D eigenvalue weighted by atomic mass is 10.1. The molecular weight excluding hydrogens is 383 g/mol. The molecule has 1 atom stereocenters. The molecule has 0 saturated carbocycles. The van der Waals surface area contributed by atoms with Crippen LogP contribution in [0.25, 0.3) is 0 Å². The summed E-state index contributed by atoms with van der Waals surface area (Å²) in [4.78, 5) is 29.0. The maximum absolute atomic E-state index is 13.2. The number of anilines is 1. The van der Waals surface area contributed by atoms with Gasteiger partial charge in [-0.05, 0) is 58.9 Å². The van der Waals surface area contributed by atoms with Crippen LogP contribution in [0.5, 0.6) is 0 Å². The van der Waals surface area contributed by atoms with E-state index in [1.807, 2.05) is 27.7 Å². The Kier molecular flexibility index (Phi) is 7.80. The average molecular weight is 413 g/mol. The summed E-state index contributed by atoms with van der Waals surface area (Å²) >= 11 is 5.99. The van der Waals surface area contributed by atoms with Crippen molar-refractivity contribution in [3.05, 3.63) is 29.0 Å². The topological polar surface area (TPSA) is 64.7 Å². The van der Waals surface area contributed by atoms with Gasteiger partial charge < -0.3 is 10.6 Å². The third kappa shape index (κ3) is 7.04. The van der Waals surface area contributed by atoms with Gasteiger partial charge >= 0.3 is 0 Å². The Hall–Kier alpha value is -1.70. The van der Waals surface area contributed by atoms with E-state index in [1.54, 1.807) is 0 Å². The van der Waals surface area contributed by atoms with Gasteiger partial charge in [-0.25, -0.2) is 4.39 Å². The zero-order valence-corrected chi connectivity index (χ0v) is 17.8. The van der Waals surface area contributed by atoms with Crippen LogP contribution >= 0.6 is 11.6 Å². The van der Waals surface area contributed by atoms with Crippen LogP contribution in [0.15, 0.2) is 18.2 Å². The van der Waals surface area contributed by atoms with Crippen LogP contribution in [0.2, 0.25) is 5.02 Å². The Morgan fingerprint density at radius 2 is 1.93 bits per heavy atom. The number of nitrogens with one attached hydrogen (secondary N) is 2. The highest BCUT2D eigenvalue weighted by molar-refractivity contribution is 6.33. The Labute approximate surface area is 171 Å². The highest BCUT2D eigenvalue weighted by Crippen LogP contribution is 2.23. The van der Waals surface area contributed by atoms with E-state index in [9.17, 15) is 14.0 Å². The number of rotatable bonds is 5. The van der Waals surface area contributed by atoms with Crippen molar-refractivity contribution in [2.75, 3.05) is 38.0 Å². The molecule has 0 aromatic heterocycles. The summed E-state index contributed by atoms with van der Waals surface area (Å²) in [5, 5.41) is 5.92. The van der Waals surface area contributed by atoms with Crippen molar-refractivity contribution < 1.29 is 14.0 Å². The number of nitrogens with zero attached hydrogens (tertiary/aromatic N) is 2. The van der Waals surface area contributed by atoms with E-state index >= 15 is 0 Å². The van der Waals surface area contributed by atoms with Crippen LogP contribution in [-0.2, 0) is 9.59 Å². The molecule has 1 aliphatic rings. The van der Waals surface area contributed by atoms with E-state index in [0.29, 0.717) is 25.3 Å². The van der Waals surface area contributed by atoms with Gasteiger partial charge in [-0.15, -0.1) is 0 Å². The number of halogens is 2. The molecule has 2 amide bonds. The lowest BCUT2D eigenvalue weighted by Crippen LogP contribution is -2.47. The molecule has 2 N–H and O–H groups in total. The van der Waals surface area contributed by atoms with E-state index < -0.39 is 5.82 Å². The lowest BCUT2D eigenvalue weighted by Gasteiger charge is -2.27. The molecule has 1 aromatic carbocycles. The average Bonchev–Trinajstić information content (AvgIpc) is 2.80. The fourth-order valence-electron chi connectivity index (χ4n) is 3.19. The summed E-state index contributed by atoms with van der Waals surface area (Å²) in [7, 11) is 0. The van der Waals surface area contributed by atoms with Gasteiger partial charge in [0.1, 0.15) is 5.82 Å². The number of amides is 2. The van der Waals surface area contributed by atoms with Crippen molar-refractivity contribution >= 4 is 29.1 Å². The van der Waals surface area contributed by atoms with E-state index in [-0.39, 0.29) is 28.4 Å². The van der Waals surface area contributed by atoms with E-state index in [4.69, 9.17) is 11.6 Å². The molecule has 0 radical (unpaired) electrons. The molecule has 156 valence electrons. The van der Waals surface area contributed by atoms with Crippen LogP contribution in [0, 0.1) is 5.82 Å². The van der Waals surface area contributed by atoms with E-state index in [0.717, 1.165) is 19.5 Å². The fourth-order valence-corrected chi connectivity index (χ4v) is 3.41. The molecule has 1 saturated heterocycles. The van der Waals surface area contributed by atoms with Crippen LogP contribution < -0.4 is 10.6 Å². The summed E-state index contributed by atoms with van der Waals surface area (Å²) in [5.41, 5.74) is 0.152. The van der Waals surface area contributed by atoms with Gasteiger partial charge in [-0.3, -0.25) is 19.4 Å². The second kappa shape index (κ2) is 9.67. The molecule has 0 unspecified atom stereocenters. The van der Waals surface area contributed by atoms with Crippen molar-refractivity contribution in [2.45, 2.75) is 45.7 Å². The molecule has 2 rings (SSSR count). The van der Waals surface area contributed by atoms with Gasteiger partial charge in [0.25, 0.3) is 0 Å².